The minimum atomic E-state index is 0.605. The Morgan fingerprint density at radius 3 is 2.72 bits per heavy atom. The summed E-state index contributed by atoms with van der Waals surface area (Å²) in [7, 11) is 0. The molecule has 0 atom stereocenters. The molecule has 86 valence electrons. The lowest BCUT2D eigenvalue weighted by Crippen LogP contribution is -2.34. The number of nitrogens with zero attached hydrogens (tertiary/aromatic N) is 2. The van der Waals surface area contributed by atoms with Crippen LogP contribution in [0, 0.1) is 0 Å². The molecule has 1 aliphatic rings. The molecular weight excluding hydrogens is 222 g/mol. The van der Waals surface area contributed by atoms with E-state index < -0.39 is 0 Å². The molecule has 4 rings (SSSR count). The monoisotopic (exact) mass is 234 g/mol. The molecule has 0 saturated carbocycles. The van der Waals surface area contributed by atoms with E-state index >= 15 is 0 Å². The normalized spacial score (nSPS) is 12.4. The van der Waals surface area contributed by atoms with Crippen LogP contribution in [0.4, 0.5) is 5.82 Å². The highest BCUT2D eigenvalue weighted by Crippen LogP contribution is 2.28. The Balaban J connectivity index is 2.14. The predicted octanol–water partition coefficient (Wildman–Crippen LogP) is 2.13. The van der Waals surface area contributed by atoms with Crippen LogP contribution < -0.4 is 10.3 Å². The Hall–Kier alpha value is -2.42. The predicted molar refractivity (Wildman–Crippen MR) is 70.9 cm³/mol. The third-order valence-electron chi connectivity index (χ3n) is 3.54. The van der Waals surface area contributed by atoms with Crippen molar-refractivity contribution in [1.82, 2.24) is 4.98 Å². The van der Waals surface area contributed by atoms with E-state index in [1.807, 2.05) is 24.3 Å². The summed E-state index contributed by atoms with van der Waals surface area (Å²) in [6.07, 6.45) is 0. The van der Waals surface area contributed by atoms with Crippen molar-refractivity contribution >= 4 is 16.7 Å². The van der Waals surface area contributed by atoms with Crippen LogP contribution in [-0.2, 0) is 6.54 Å². The van der Waals surface area contributed by atoms with Crippen molar-refractivity contribution in [1.29, 1.82) is 0 Å². The molecule has 0 bridgehead atoms. The van der Waals surface area contributed by atoms with E-state index in [0.29, 0.717) is 5.82 Å². The number of para-hydroxylation sites is 1. The molecule has 0 aliphatic carbocycles. The summed E-state index contributed by atoms with van der Waals surface area (Å²) < 4.78 is 2.23. The van der Waals surface area contributed by atoms with Gasteiger partial charge in [-0.15, -0.1) is 0 Å². The maximum atomic E-state index is 6.06. The first-order valence-corrected chi connectivity index (χ1v) is 6.01. The third-order valence-corrected chi connectivity index (χ3v) is 3.54. The fourth-order valence-corrected chi connectivity index (χ4v) is 2.69. The first kappa shape index (κ1) is 9.59. The van der Waals surface area contributed by atoms with Crippen molar-refractivity contribution in [2.75, 3.05) is 5.73 Å². The van der Waals surface area contributed by atoms with Crippen molar-refractivity contribution in [3.05, 3.63) is 54.1 Å². The van der Waals surface area contributed by atoms with E-state index in [4.69, 9.17) is 5.73 Å². The van der Waals surface area contributed by atoms with Gasteiger partial charge < -0.3 is 5.73 Å². The van der Waals surface area contributed by atoms with Gasteiger partial charge in [0.15, 0.2) is 0 Å². The average molecular weight is 234 g/mol. The molecule has 18 heavy (non-hydrogen) atoms. The van der Waals surface area contributed by atoms with Crippen molar-refractivity contribution in [2.45, 2.75) is 6.54 Å². The summed E-state index contributed by atoms with van der Waals surface area (Å²) in [5.41, 5.74) is 9.71. The Morgan fingerprint density at radius 2 is 1.78 bits per heavy atom. The summed E-state index contributed by atoms with van der Waals surface area (Å²) in [4.78, 5) is 4.56. The number of nitrogens with two attached hydrogens (primary N) is 1. The van der Waals surface area contributed by atoms with Crippen molar-refractivity contribution < 1.29 is 4.57 Å². The summed E-state index contributed by atoms with van der Waals surface area (Å²) >= 11 is 0. The summed E-state index contributed by atoms with van der Waals surface area (Å²) in [5.74, 6) is 1.58. The number of hydrogen-bond donors (Lipinski definition) is 1. The minimum absolute atomic E-state index is 0.605. The number of benzene rings is 2. The van der Waals surface area contributed by atoms with E-state index in [2.05, 4.69) is 33.8 Å². The van der Waals surface area contributed by atoms with Gasteiger partial charge in [-0.3, -0.25) is 0 Å². The van der Waals surface area contributed by atoms with Gasteiger partial charge in [-0.25, -0.2) is 4.57 Å². The molecule has 3 aromatic rings. The highest BCUT2D eigenvalue weighted by molar-refractivity contribution is 5.87. The summed E-state index contributed by atoms with van der Waals surface area (Å²) in [6, 6.07) is 16.5. The molecule has 1 aliphatic heterocycles. The molecular formula is C15H12N3+. The zero-order valence-electron chi connectivity index (χ0n) is 9.80. The largest absolute Gasteiger partial charge is 0.362 e. The fourth-order valence-electron chi connectivity index (χ4n) is 2.69. The fraction of sp³-hybridized carbons (Fsp3) is 0.0667. The second-order valence-corrected chi connectivity index (χ2v) is 4.58. The third kappa shape index (κ3) is 1.13. The Bertz CT molecular complexity index is 778. The van der Waals surface area contributed by atoms with Gasteiger partial charge in [0.1, 0.15) is 12.1 Å². The number of aromatic nitrogens is 2. The number of nitrogen functional groups attached to an aromatic ring is 1. The highest BCUT2D eigenvalue weighted by Gasteiger charge is 2.29. The summed E-state index contributed by atoms with van der Waals surface area (Å²) in [5, 5.41) is 1.02. The van der Waals surface area contributed by atoms with Gasteiger partial charge >= 0.3 is 5.82 Å². The molecule has 0 amide bonds. The molecule has 0 saturated heterocycles. The van der Waals surface area contributed by atoms with Crippen LogP contribution in [0.1, 0.15) is 5.56 Å². The van der Waals surface area contributed by atoms with Crippen LogP contribution >= 0.6 is 0 Å². The lowest BCUT2D eigenvalue weighted by atomic mass is 10.1. The molecule has 0 radical (unpaired) electrons. The van der Waals surface area contributed by atoms with E-state index in [1.54, 1.807) is 0 Å². The molecule has 3 heteroatoms. The number of hydrogen-bond acceptors (Lipinski definition) is 2. The van der Waals surface area contributed by atoms with Crippen molar-refractivity contribution in [3.63, 3.8) is 0 Å². The van der Waals surface area contributed by atoms with Crippen molar-refractivity contribution in [3.8, 4) is 11.4 Å². The number of fused-ring (bicyclic) bond motifs is 5. The van der Waals surface area contributed by atoms with Crippen LogP contribution in [0.5, 0.6) is 0 Å². The molecule has 2 N–H and O–H groups in total. The van der Waals surface area contributed by atoms with E-state index in [1.165, 1.54) is 11.1 Å². The van der Waals surface area contributed by atoms with E-state index in [0.717, 1.165) is 23.3 Å². The van der Waals surface area contributed by atoms with Gasteiger partial charge in [0.05, 0.1) is 10.9 Å². The zero-order chi connectivity index (χ0) is 12.1. The SMILES string of the molecule is Nc1nc2[n+](c3ccccc13)Cc1ccccc1-2. The maximum absolute atomic E-state index is 6.06. The topological polar surface area (TPSA) is 42.8 Å². The molecule has 0 unspecified atom stereocenters. The van der Waals surface area contributed by atoms with Crippen LogP contribution in [0.2, 0.25) is 0 Å². The molecule has 1 aromatic heterocycles. The van der Waals surface area contributed by atoms with Gasteiger partial charge in [-0.05, 0) is 23.2 Å². The highest BCUT2D eigenvalue weighted by atomic mass is 15.1. The smallest absolute Gasteiger partial charge is 0.334 e. The molecule has 0 spiro atoms. The Kier molecular flexibility index (Phi) is 1.75. The maximum Gasteiger partial charge on any atom is 0.334 e. The summed E-state index contributed by atoms with van der Waals surface area (Å²) in [6.45, 7) is 0.874. The quantitative estimate of drug-likeness (QED) is 0.474. The van der Waals surface area contributed by atoms with E-state index in [-0.39, 0.29) is 0 Å². The molecule has 2 heterocycles. The van der Waals surface area contributed by atoms with Gasteiger partial charge in [-0.1, -0.05) is 30.3 Å². The van der Waals surface area contributed by atoms with Crippen molar-refractivity contribution in [2.24, 2.45) is 0 Å². The van der Waals surface area contributed by atoms with Crippen LogP contribution in [0.25, 0.3) is 22.3 Å². The van der Waals surface area contributed by atoms with Crippen LogP contribution in [0.15, 0.2) is 48.5 Å². The molecule has 3 nitrogen and oxygen atoms in total. The standard InChI is InChI=1S/C15H11N3/c16-14-12-7-3-4-8-13(12)18-9-10-5-1-2-6-11(10)15(18)17-14/h1-8,16H,9H2/p+1. The van der Waals surface area contributed by atoms with Gasteiger partial charge in [-0.2, -0.15) is 0 Å². The van der Waals surface area contributed by atoms with Gasteiger partial charge in [0.2, 0.25) is 5.82 Å². The van der Waals surface area contributed by atoms with E-state index in [9.17, 15) is 0 Å². The number of anilines is 1. The first-order valence-electron chi connectivity index (χ1n) is 6.01. The Morgan fingerprint density at radius 1 is 1.00 bits per heavy atom. The zero-order valence-corrected chi connectivity index (χ0v) is 9.80. The second-order valence-electron chi connectivity index (χ2n) is 4.58. The molecule has 2 aromatic carbocycles. The second kappa shape index (κ2) is 3.29. The average Bonchev–Trinajstić information content (AvgIpc) is 2.78. The lowest BCUT2D eigenvalue weighted by molar-refractivity contribution is -0.648. The first-order chi connectivity index (χ1) is 8.84. The number of rotatable bonds is 0. The van der Waals surface area contributed by atoms with Gasteiger partial charge in [0.25, 0.3) is 0 Å². The van der Waals surface area contributed by atoms with Crippen LogP contribution in [0.3, 0.4) is 0 Å². The van der Waals surface area contributed by atoms with Gasteiger partial charge in [0, 0.05) is 5.56 Å². The molecule has 0 fully saturated rings. The minimum Gasteiger partial charge on any atom is -0.362 e. The van der Waals surface area contributed by atoms with Crippen LogP contribution in [-0.4, -0.2) is 4.98 Å². The lowest BCUT2D eigenvalue weighted by Gasteiger charge is -2.01. The Labute approximate surface area is 105 Å².